The Labute approximate surface area is 139 Å². The fraction of sp³-hybridized carbons (Fsp3) is 0.944. The van der Waals surface area contributed by atoms with E-state index in [1.165, 1.54) is 25.7 Å². The predicted octanol–water partition coefficient (Wildman–Crippen LogP) is 2.12. The summed E-state index contributed by atoms with van der Waals surface area (Å²) in [6.07, 6.45) is 8.74. The molecule has 0 radical (unpaired) electrons. The Morgan fingerprint density at radius 2 is 1.91 bits per heavy atom. The average Bonchev–Trinajstić information content (AvgIpc) is 3.22. The molecular formula is C18H31N3O2. The fourth-order valence-electron chi connectivity index (χ4n) is 5.67. The zero-order valence-electron chi connectivity index (χ0n) is 14.4. The second kappa shape index (κ2) is 6.25. The van der Waals surface area contributed by atoms with Crippen LogP contribution < -0.4 is 10.6 Å². The van der Waals surface area contributed by atoms with E-state index in [4.69, 9.17) is 4.74 Å². The fourth-order valence-corrected chi connectivity index (χ4v) is 5.67. The Kier molecular flexibility index (Phi) is 4.26. The van der Waals surface area contributed by atoms with Gasteiger partial charge in [-0.15, -0.1) is 0 Å². The van der Waals surface area contributed by atoms with Crippen molar-refractivity contribution in [3.05, 3.63) is 0 Å². The van der Waals surface area contributed by atoms with E-state index >= 15 is 0 Å². The van der Waals surface area contributed by atoms with Gasteiger partial charge in [-0.25, -0.2) is 4.79 Å². The highest BCUT2D eigenvalue weighted by Gasteiger charge is 2.65. The topological polar surface area (TPSA) is 53.6 Å². The van der Waals surface area contributed by atoms with Crippen LogP contribution in [0.25, 0.3) is 0 Å². The Bertz CT molecular complexity index is 442. The third-order valence-electron chi connectivity index (χ3n) is 6.94. The Balaban J connectivity index is 1.32. The van der Waals surface area contributed by atoms with Crippen molar-refractivity contribution in [2.75, 3.05) is 26.2 Å². The van der Waals surface area contributed by atoms with E-state index in [1.807, 2.05) is 0 Å². The van der Waals surface area contributed by atoms with Gasteiger partial charge >= 0.3 is 6.03 Å². The highest BCUT2D eigenvalue weighted by atomic mass is 16.5. The van der Waals surface area contributed by atoms with Crippen LogP contribution in [0.3, 0.4) is 0 Å². The van der Waals surface area contributed by atoms with Gasteiger partial charge in [-0.3, -0.25) is 0 Å². The molecule has 5 heteroatoms. The zero-order chi connectivity index (χ0) is 15.9. The third-order valence-corrected chi connectivity index (χ3v) is 6.94. The van der Waals surface area contributed by atoms with Gasteiger partial charge in [0.25, 0.3) is 0 Å². The molecule has 3 atom stereocenters. The summed E-state index contributed by atoms with van der Waals surface area (Å²) in [5.41, 5.74) is 0.254. The van der Waals surface area contributed by atoms with E-state index in [0.29, 0.717) is 24.1 Å². The van der Waals surface area contributed by atoms with Crippen LogP contribution in [0.4, 0.5) is 4.79 Å². The lowest BCUT2D eigenvalue weighted by Gasteiger charge is -2.56. The number of amides is 2. The SMILES string of the molecule is CCN1CCC(NC(=O)NC2C3CCOC3C23CCCC3)CC1. The van der Waals surface area contributed by atoms with Gasteiger partial charge in [0.05, 0.1) is 6.10 Å². The molecule has 130 valence electrons. The number of piperidine rings is 1. The Morgan fingerprint density at radius 1 is 1.17 bits per heavy atom. The summed E-state index contributed by atoms with van der Waals surface area (Å²) in [4.78, 5) is 15.0. The van der Waals surface area contributed by atoms with E-state index in [-0.39, 0.29) is 11.4 Å². The maximum Gasteiger partial charge on any atom is 0.315 e. The number of carbonyl (C=O) groups is 1. The molecule has 4 aliphatic rings. The van der Waals surface area contributed by atoms with Crippen molar-refractivity contribution in [1.29, 1.82) is 0 Å². The average molecular weight is 321 g/mol. The molecule has 0 aromatic heterocycles. The molecule has 2 heterocycles. The molecule has 2 saturated heterocycles. The van der Waals surface area contributed by atoms with Crippen molar-refractivity contribution in [2.24, 2.45) is 11.3 Å². The van der Waals surface area contributed by atoms with E-state index in [9.17, 15) is 4.79 Å². The number of ether oxygens (including phenoxy) is 1. The molecule has 1 spiro atoms. The molecule has 0 bridgehead atoms. The molecule has 4 fully saturated rings. The van der Waals surface area contributed by atoms with Crippen molar-refractivity contribution in [2.45, 2.75) is 70.1 Å². The molecule has 23 heavy (non-hydrogen) atoms. The zero-order valence-corrected chi connectivity index (χ0v) is 14.4. The van der Waals surface area contributed by atoms with Gasteiger partial charge in [0.15, 0.2) is 0 Å². The van der Waals surface area contributed by atoms with E-state index in [2.05, 4.69) is 22.5 Å². The van der Waals surface area contributed by atoms with Gasteiger partial charge in [-0.2, -0.15) is 0 Å². The van der Waals surface area contributed by atoms with Gasteiger partial charge < -0.3 is 20.3 Å². The molecule has 2 aliphatic carbocycles. The smallest absolute Gasteiger partial charge is 0.315 e. The number of nitrogens with one attached hydrogen (secondary N) is 2. The summed E-state index contributed by atoms with van der Waals surface area (Å²) in [7, 11) is 0. The van der Waals surface area contributed by atoms with Crippen molar-refractivity contribution in [3.8, 4) is 0 Å². The molecule has 5 nitrogen and oxygen atoms in total. The standard InChI is InChI=1S/C18H31N3O2/c1-2-21-10-5-13(6-11-21)19-17(22)20-15-14-7-12-23-16(14)18(15)8-3-4-9-18/h13-16H,2-12H2,1H3,(H2,19,20,22). The molecule has 2 aliphatic heterocycles. The maximum atomic E-state index is 12.5. The third kappa shape index (κ3) is 2.66. The van der Waals surface area contributed by atoms with E-state index in [1.54, 1.807) is 0 Å². The minimum atomic E-state index is 0.0570. The first-order valence-electron chi connectivity index (χ1n) is 9.64. The lowest BCUT2D eigenvalue weighted by atomic mass is 9.54. The number of carbonyl (C=O) groups excluding carboxylic acids is 1. The molecule has 0 aromatic rings. The van der Waals surface area contributed by atoms with Crippen molar-refractivity contribution in [1.82, 2.24) is 15.5 Å². The number of likely N-dealkylation sites (tertiary alicyclic amines) is 1. The molecule has 3 unspecified atom stereocenters. The first-order chi connectivity index (χ1) is 11.2. The van der Waals surface area contributed by atoms with Crippen LogP contribution in [0, 0.1) is 11.3 Å². The molecule has 2 N–H and O–H groups in total. The summed E-state index contributed by atoms with van der Waals surface area (Å²) in [6, 6.07) is 0.739. The highest BCUT2D eigenvalue weighted by Crippen LogP contribution is 2.60. The first-order valence-corrected chi connectivity index (χ1v) is 9.64. The lowest BCUT2D eigenvalue weighted by molar-refractivity contribution is -0.126. The number of fused-ring (bicyclic) bond motifs is 2. The minimum absolute atomic E-state index is 0.0570. The molecule has 4 rings (SSSR count). The normalized spacial score (nSPS) is 36.7. The summed E-state index contributed by atoms with van der Waals surface area (Å²) >= 11 is 0. The number of hydrogen-bond acceptors (Lipinski definition) is 3. The van der Waals surface area contributed by atoms with Crippen LogP contribution in [-0.4, -0.2) is 55.4 Å². The van der Waals surface area contributed by atoms with Crippen LogP contribution in [0.1, 0.15) is 51.9 Å². The first kappa shape index (κ1) is 15.7. The summed E-state index contributed by atoms with van der Waals surface area (Å²) < 4.78 is 6.00. The van der Waals surface area contributed by atoms with Crippen LogP contribution in [0.2, 0.25) is 0 Å². The quantitative estimate of drug-likeness (QED) is 0.837. The van der Waals surface area contributed by atoms with Crippen LogP contribution >= 0.6 is 0 Å². The second-order valence-corrected chi connectivity index (χ2v) is 7.99. The van der Waals surface area contributed by atoms with Gasteiger partial charge in [-0.05, 0) is 38.6 Å². The summed E-state index contributed by atoms with van der Waals surface area (Å²) in [6.45, 7) is 6.41. The van der Waals surface area contributed by atoms with Crippen LogP contribution in [-0.2, 0) is 4.74 Å². The minimum Gasteiger partial charge on any atom is -0.377 e. The van der Waals surface area contributed by atoms with Gasteiger partial charge in [0.1, 0.15) is 0 Å². The number of urea groups is 1. The Morgan fingerprint density at radius 3 is 2.61 bits per heavy atom. The summed E-state index contributed by atoms with van der Waals surface area (Å²) in [5.74, 6) is 0.556. The van der Waals surface area contributed by atoms with E-state index < -0.39 is 0 Å². The summed E-state index contributed by atoms with van der Waals surface area (Å²) in [5, 5.41) is 6.58. The predicted molar refractivity (Wildman–Crippen MR) is 89.3 cm³/mol. The molecule has 2 amide bonds. The largest absolute Gasteiger partial charge is 0.377 e. The van der Waals surface area contributed by atoms with Crippen molar-refractivity contribution >= 4 is 6.03 Å². The van der Waals surface area contributed by atoms with Gasteiger partial charge in [-0.1, -0.05) is 19.8 Å². The lowest BCUT2D eigenvalue weighted by Crippen LogP contribution is -2.69. The van der Waals surface area contributed by atoms with E-state index in [0.717, 1.165) is 45.5 Å². The molecule has 0 aromatic carbocycles. The Hall–Kier alpha value is -0.810. The van der Waals surface area contributed by atoms with Crippen molar-refractivity contribution in [3.63, 3.8) is 0 Å². The van der Waals surface area contributed by atoms with Crippen LogP contribution in [0.15, 0.2) is 0 Å². The monoisotopic (exact) mass is 321 g/mol. The van der Waals surface area contributed by atoms with Gasteiger partial charge in [0, 0.05) is 43.1 Å². The highest BCUT2D eigenvalue weighted by molar-refractivity contribution is 5.75. The van der Waals surface area contributed by atoms with Gasteiger partial charge in [0.2, 0.25) is 0 Å². The number of nitrogens with zero attached hydrogens (tertiary/aromatic N) is 1. The second-order valence-electron chi connectivity index (χ2n) is 7.99. The van der Waals surface area contributed by atoms with Crippen LogP contribution in [0.5, 0.6) is 0 Å². The molecule has 2 saturated carbocycles. The van der Waals surface area contributed by atoms with Crippen molar-refractivity contribution < 1.29 is 9.53 Å². The number of rotatable bonds is 3. The maximum absolute atomic E-state index is 12.5. The number of hydrogen-bond donors (Lipinski definition) is 2. The molecular weight excluding hydrogens is 290 g/mol.